The molecule has 1 aliphatic heterocycles. The Bertz CT molecular complexity index is 1210. The molecule has 0 spiro atoms. The lowest BCUT2D eigenvalue weighted by Gasteiger charge is -2.38. The van der Waals surface area contributed by atoms with Crippen LogP contribution in [0.3, 0.4) is 0 Å². The Labute approximate surface area is 218 Å². The first-order valence-corrected chi connectivity index (χ1v) is 13.0. The molecule has 0 saturated heterocycles. The fourth-order valence-corrected chi connectivity index (χ4v) is 4.79. The van der Waals surface area contributed by atoms with Gasteiger partial charge in [-0.05, 0) is 65.3 Å². The van der Waals surface area contributed by atoms with Gasteiger partial charge in [0.05, 0.1) is 6.04 Å². The molecule has 4 rings (SSSR count). The molecule has 2 amide bonds. The molecule has 0 fully saturated rings. The quantitative estimate of drug-likeness (QED) is 0.401. The smallest absolute Gasteiger partial charge is 0.261 e. The molecule has 3 aromatic rings. The summed E-state index contributed by atoms with van der Waals surface area (Å²) in [5.74, 6) is 0.487. The maximum Gasteiger partial charge on any atom is 0.261 e. The van der Waals surface area contributed by atoms with Crippen molar-refractivity contribution in [2.45, 2.75) is 58.7 Å². The molecule has 0 radical (unpaired) electrons. The summed E-state index contributed by atoms with van der Waals surface area (Å²) in [5, 5.41) is 2.89. The van der Waals surface area contributed by atoms with E-state index in [-0.39, 0.29) is 29.6 Å². The zero-order valence-electron chi connectivity index (χ0n) is 21.7. The Morgan fingerprint density at radius 2 is 1.78 bits per heavy atom. The van der Waals surface area contributed by atoms with Crippen molar-refractivity contribution in [3.63, 3.8) is 0 Å². The summed E-state index contributed by atoms with van der Waals surface area (Å²) in [7, 11) is 0. The first-order valence-electron chi connectivity index (χ1n) is 13.0. The van der Waals surface area contributed by atoms with Crippen LogP contribution in [0.25, 0.3) is 0 Å². The SMILES string of the molecule is CCC(Oc1ccc2c(c1)C(c1ccccc1)N(C(=O)CC(C)C)CC2)C(=O)NCc1ccc(F)cc1. The summed E-state index contributed by atoms with van der Waals surface area (Å²) < 4.78 is 19.3. The number of benzene rings is 3. The van der Waals surface area contributed by atoms with Crippen LogP contribution >= 0.6 is 0 Å². The topological polar surface area (TPSA) is 58.6 Å². The van der Waals surface area contributed by atoms with Crippen LogP contribution in [0.2, 0.25) is 0 Å². The molecule has 0 bridgehead atoms. The van der Waals surface area contributed by atoms with Gasteiger partial charge >= 0.3 is 0 Å². The molecule has 2 atom stereocenters. The van der Waals surface area contributed by atoms with Gasteiger partial charge < -0.3 is 15.0 Å². The van der Waals surface area contributed by atoms with Gasteiger partial charge in [0.1, 0.15) is 11.6 Å². The van der Waals surface area contributed by atoms with Crippen molar-refractivity contribution < 1.29 is 18.7 Å². The third-order valence-electron chi connectivity index (χ3n) is 6.69. The minimum Gasteiger partial charge on any atom is -0.481 e. The number of carbonyl (C=O) groups is 2. The molecule has 0 aromatic heterocycles. The van der Waals surface area contributed by atoms with Crippen LogP contribution in [-0.2, 0) is 22.6 Å². The number of halogens is 1. The van der Waals surface area contributed by atoms with Crippen LogP contribution in [0, 0.1) is 11.7 Å². The van der Waals surface area contributed by atoms with E-state index in [4.69, 9.17) is 4.74 Å². The average Bonchev–Trinajstić information content (AvgIpc) is 2.90. The number of nitrogens with zero attached hydrogens (tertiary/aromatic N) is 1. The van der Waals surface area contributed by atoms with Gasteiger partial charge in [-0.1, -0.05) is 69.3 Å². The number of carbonyl (C=O) groups excluding carboxylic acids is 2. The lowest BCUT2D eigenvalue weighted by Crippen LogP contribution is -2.41. The van der Waals surface area contributed by atoms with Gasteiger partial charge in [0, 0.05) is 19.5 Å². The lowest BCUT2D eigenvalue weighted by molar-refractivity contribution is -0.134. The van der Waals surface area contributed by atoms with E-state index in [0.29, 0.717) is 31.7 Å². The molecule has 37 heavy (non-hydrogen) atoms. The second kappa shape index (κ2) is 12.0. The van der Waals surface area contributed by atoms with Crippen molar-refractivity contribution in [3.05, 3.63) is 101 Å². The van der Waals surface area contributed by atoms with Crippen molar-refractivity contribution in [2.24, 2.45) is 5.92 Å². The Hall–Kier alpha value is -3.67. The van der Waals surface area contributed by atoms with Crippen molar-refractivity contribution in [2.75, 3.05) is 6.54 Å². The van der Waals surface area contributed by atoms with E-state index >= 15 is 0 Å². The molecule has 194 valence electrons. The van der Waals surface area contributed by atoms with Gasteiger partial charge in [-0.2, -0.15) is 0 Å². The van der Waals surface area contributed by atoms with E-state index in [2.05, 4.69) is 31.3 Å². The number of ether oxygens (including phenoxy) is 1. The number of hydrogen-bond donors (Lipinski definition) is 1. The minimum absolute atomic E-state index is 0.146. The normalized spacial score (nSPS) is 15.7. The first-order chi connectivity index (χ1) is 17.9. The van der Waals surface area contributed by atoms with Crippen molar-refractivity contribution >= 4 is 11.8 Å². The minimum atomic E-state index is -0.670. The van der Waals surface area contributed by atoms with E-state index < -0.39 is 6.10 Å². The predicted molar refractivity (Wildman–Crippen MR) is 143 cm³/mol. The molecule has 0 saturated carbocycles. The Morgan fingerprint density at radius 1 is 1.05 bits per heavy atom. The molecule has 1 heterocycles. The highest BCUT2D eigenvalue weighted by Gasteiger charge is 2.32. The number of rotatable bonds is 9. The van der Waals surface area contributed by atoms with Crippen LogP contribution in [0.5, 0.6) is 5.75 Å². The predicted octanol–water partition coefficient (Wildman–Crippen LogP) is 5.82. The summed E-state index contributed by atoms with van der Waals surface area (Å²) in [6.07, 6.45) is 1.10. The number of nitrogens with one attached hydrogen (secondary N) is 1. The third-order valence-corrected chi connectivity index (χ3v) is 6.69. The van der Waals surface area contributed by atoms with E-state index in [9.17, 15) is 14.0 Å². The van der Waals surface area contributed by atoms with Crippen LogP contribution in [-0.4, -0.2) is 29.4 Å². The van der Waals surface area contributed by atoms with E-state index in [0.717, 1.165) is 23.1 Å². The summed E-state index contributed by atoms with van der Waals surface area (Å²) >= 11 is 0. The molecule has 1 aliphatic rings. The molecule has 1 N–H and O–H groups in total. The summed E-state index contributed by atoms with van der Waals surface area (Å²) in [6, 6.07) is 21.9. The van der Waals surface area contributed by atoms with Gasteiger partial charge in [0.15, 0.2) is 6.10 Å². The number of amides is 2. The molecule has 2 unspecified atom stereocenters. The van der Waals surface area contributed by atoms with E-state index in [1.165, 1.54) is 17.7 Å². The van der Waals surface area contributed by atoms with Gasteiger partial charge in [-0.25, -0.2) is 4.39 Å². The Kier molecular flexibility index (Phi) is 8.59. The number of fused-ring (bicyclic) bond motifs is 1. The van der Waals surface area contributed by atoms with Crippen LogP contribution in [0.4, 0.5) is 4.39 Å². The zero-order valence-corrected chi connectivity index (χ0v) is 21.7. The standard InChI is InChI=1S/C31H35FN2O3/c1-4-28(31(36)33-20-22-10-13-25(32)14-11-22)37-26-15-12-23-16-17-34(29(35)18-21(2)3)30(27(23)19-26)24-8-6-5-7-9-24/h5-15,19,21,28,30H,4,16-18,20H2,1-3H3,(H,33,36). The maximum atomic E-state index is 13.2. The highest BCUT2D eigenvalue weighted by atomic mass is 19.1. The Balaban J connectivity index is 1.55. The fraction of sp³-hybridized carbons (Fsp3) is 0.355. The van der Waals surface area contributed by atoms with E-state index in [1.54, 1.807) is 12.1 Å². The zero-order chi connectivity index (χ0) is 26.4. The van der Waals surface area contributed by atoms with Gasteiger partial charge in [0.25, 0.3) is 5.91 Å². The van der Waals surface area contributed by atoms with Crippen LogP contribution in [0.1, 0.15) is 61.9 Å². The molecule has 6 heteroatoms. The highest BCUT2D eigenvalue weighted by Crippen LogP contribution is 2.38. The molecule has 5 nitrogen and oxygen atoms in total. The Morgan fingerprint density at radius 3 is 2.46 bits per heavy atom. The van der Waals surface area contributed by atoms with Crippen molar-refractivity contribution in [3.8, 4) is 5.75 Å². The highest BCUT2D eigenvalue weighted by molar-refractivity contribution is 5.81. The van der Waals surface area contributed by atoms with Gasteiger partial charge in [-0.15, -0.1) is 0 Å². The summed E-state index contributed by atoms with van der Waals surface area (Å²) in [5.41, 5.74) is 4.09. The molecule has 3 aromatic carbocycles. The molecular weight excluding hydrogens is 467 g/mol. The van der Waals surface area contributed by atoms with Crippen LogP contribution < -0.4 is 10.1 Å². The summed E-state index contributed by atoms with van der Waals surface area (Å²) in [4.78, 5) is 28.1. The lowest BCUT2D eigenvalue weighted by atomic mass is 9.87. The molecule has 0 aliphatic carbocycles. The van der Waals surface area contributed by atoms with Gasteiger partial charge in [-0.3, -0.25) is 9.59 Å². The second-order valence-electron chi connectivity index (χ2n) is 9.97. The fourth-order valence-electron chi connectivity index (χ4n) is 4.79. The third kappa shape index (κ3) is 6.56. The average molecular weight is 503 g/mol. The second-order valence-corrected chi connectivity index (χ2v) is 9.97. The monoisotopic (exact) mass is 502 g/mol. The first kappa shape index (κ1) is 26.4. The largest absolute Gasteiger partial charge is 0.481 e. The van der Waals surface area contributed by atoms with Crippen LogP contribution in [0.15, 0.2) is 72.8 Å². The van der Waals surface area contributed by atoms with Gasteiger partial charge in [0.2, 0.25) is 5.91 Å². The summed E-state index contributed by atoms with van der Waals surface area (Å²) in [6.45, 7) is 6.99. The maximum absolute atomic E-state index is 13.2. The van der Waals surface area contributed by atoms with E-state index in [1.807, 2.05) is 48.2 Å². The molecular formula is C31H35FN2O3. The van der Waals surface area contributed by atoms with Crippen molar-refractivity contribution in [1.29, 1.82) is 0 Å². The van der Waals surface area contributed by atoms with Crippen molar-refractivity contribution in [1.82, 2.24) is 10.2 Å². The number of hydrogen-bond acceptors (Lipinski definition) is 3.